The second kappa shape index (κ2) is 4.51. The molecule has 4 aliphatic rings. The molecule has 0 aromatic carbocycles. The third kappa shape index (κ3) is 1.86. The highest BCUT2D eigenvalue weighted by Crippen LogP contribution is 2.57. The Kier molecular flexibility index (Phi) is 2.91. The normalized spacial score (nSPS) is 49.5. The second-order valence-electron chi connectivity index (χ2n) is 7.45. The highest BCUT2D eigenvalue weighted by Gasteiger charge is 2.48. The van der Waals surface area contributed by atoms with E-state index in [1.807, 2.05) is 0 Å². The van der Waals surface area contributed by atoms with E-state index in [2.05, 4.69) is 0 Å². The van der Waals surface area contributed by atoms with Gasteiger partial charge < -0.3 is 10.2 Å². The van der Waals surface area contributed by atoms with Crippen molar-refractivity contribution in [3.05, 3.63) is 11.3 Å². The first-order chi connectivity index (χ1) is 9.24. The largest absolute Gasteiger partial charge is 0.512 e. The van der Waals surface area contributed by atoms with Gasteiger partial charge in [-0.1, -0.05) is 0 Å². The minimum atomic E-state index is -0.0210. The molecule has 2 nitrogen and oxygen atoms in total. The molecule has 0 saturated heterocycles. The Bertz CT molecular complexity index is 400. The topological polar surface area (TPSA) is 40.5 Å². The zero-order chi connectivity index (χ0) is 13.0. The Morgan fingerprint density at radius 1 is 0.789 bits per heavy atom. The lowest BCUT2D eigenvalue weighted by Gasteiger charge is -2.51. The summed E-state index contributed by atoms with van der Waals surface area (Å²) in [5.74, 6) is 4.88. The van der Waals surface area contributed by atoms with Gasteiger partial charge in [-0.05, 0) is 86.5 Å². The van der Waals surface area contributed by atoms with E-state index >= 15 is 0 Å². The molecule has 0 amide bonds. The van der Waals surface area contributed by atoms with Gasteiger partial charge in [-0.15, -0.1) is 0 Å². The molecule has 0 radical (unpaired) electrons. The quantitative estimate of drug-likeness (QED) is 0.697. The lowest BCUT2D eigenvalue weighted by atomic mass is 9.54. The molecule has 6 atom stereocenters. The summed E-state index contributed by atoms with van der Waals surface area (Å²) in [6.45, 7) is 0. The van der Waals surface area contributed by atoms with Gasteiger partial charge in [-0.3, -0.25) is 0 Å². The fourth-order valence-electron chi connectivity index (χ4n) is 5.99. The minimum absolute atomic E-state index is 0.0210. The SMILES string of the molecule is OC1=C2CCC3C4CCC(O)CC4CCC3C2CC1. The molecule has 0 heterocycles. The van der Waals surface area contributed by atoms with Gasteiger partial charge in [0.2, 0.25) is 0 Å². The van der Waals surface area contributed by atoms with E-state index in [0.29, 0.717) is 5.92 Å². The Labute approximate surface area is 115 Å². The third-order valence-corrected chi connectivity index (χ3v) is 6.76. The number of aliphatic hydroxyl groups is 2. The molecule has 0 bridgehead atoms. The Balaban J connectivity index is 1.57. The van der Waals surface area contributed by atoms with Crippen LogP contribution in [0.1, 0.15) is 57.8 Å². The van der Waals surface area contributed by atoms with E-state index < -0.39 is 0 Å². The number of hydrogen-bond acceptors (Lipinski definition) is 2. The molecular formula is C17H26O2. The van der Waals surface area contributed by atoms with Gasteiger partial charge in [0.15, 0.2) is 0 Å². The van der Waals surface area contributed by atoms with Gasteiger partial charge >= 0.3 is 0 Å². The van der Waals surface area contributed by atoms with Crippen LogP contribution in [-0.2, 0) is 0 Å². The molecule has 2 heteroatoms. The maximum absolute atomic E-state index is 10.0. The zero-order valence-corrected chi connectivity index (χ0v) is 11.7. The van der Waals surface area contributed by atoms with Crippen molar-refractivity contribution in [1.82, 2.24) is 0 Å². The van der Waals surface area contributed by atoms with Gasteiger partial charge in [0, 0.05) is 6.42 Å². The van der Waals surface area contributed by atoms with Crippen LogP contribution in [0, 0.1) is 29.6 Å². The van der Waals surface area contributed by atoms with Gasteiger partial charge in [-0.25, -0.2) is 0 Å². The van der Waals surface area contributed by atoms with Crippen LogP contribution in [0.15, 0.2) is 11.3 Å². The molecule has 3 fully saturated rings. The van der Waals surface area contributed by atoms with Crippen LogP contribution in [0.5, 0.6) is 0 Å². The number of allylic oxidation sites excluding steroid dienone is 2. The number of aliphatic hydroxyl groups excluding tert-OH is 2. The van der Waals surface area contributed by atoms with Crippen LogP contribution in [0.25, 0.3) is 0 Å². The maximum Gasteiger partial charge on any atom is 0.0917 e. The fourth-order valence-corrected chi connectivity index (χ4v) is 5.99. The summed E-state index contributed by atoms with van der Waals surface area (Å²) < 4.78 is 0. The molecule has 0 spiro atoms. The van der Waals surface area contributed by atoms with Crippen LogP contribution in [0.4, 0.5) is 0 Å². The smallest absolute Gasteiger partial charge is 0.0917 e. The summed E-state index contributed by atoms with van der Waals surface area (Å²) in [6, 6.07) is 0. The molecule has 0 aromatic heterocycles. The van der Waals surface area contributed by atoms with Crippen molar-refractivity contribution in [3.63, 3.8) is 0 Å². The summed E-state index contributed by atoms with van der Waals surface area (Å²) in [7, 11) is 0. The summed E-state index contributed by atoms with van der Waals surface area (Å²) in [6.07, 6.45) is 10.6. The van der Waals surface area contributed by atoms with E-state index in [0.717, 1.165) is 55.1 Å². The number of fused-ring (bicyclic) bond motifs is 5. The molecule has 106 valence electrons. The van der Waals surface area contributed by atoms with E-state index in [1.165, 1.54) is 37.7 Å². The van der Waals surface area contributed by atoms with Crippen molar-refractivity contribution in [2.24, 2.45) is 29.6 Å². The van der Waals surface area contributed by atoms with Gasteiger partial charge in [-0.2, -0.15) is 0 Å². The number of rotatable bonds is 0. The second-order valence-corrected chi connectivity index (χ2v) is 7.45. The van der Waals surface area contributed by atoms with Crippen molar-refractivity contribution in [1.29, 1.82) is 0 Å². The van der Waals surface area contributed by atoms with E-state index in [4.69, 9.17) is 0 Å². The van der Waals surface area contributed by atoms with Crippen LogP contribution in [0.3, 0.4) is 0 Å². The molecule has 0 aromatic rings. The Morgan fingerprint density at radius 2 is 1.63 bits per heavy atom. The summed E-state index contributed by atoms with van der Waals surface area (Å²) in [5, 5.41) is 19.9. The highest BCUT2D eigenvalue weighted by atomic mass is 16.3. The average molecular weight is 262 g/mol. The Morgan fingerprint density at radius 3 is 2.53 bits per heavy atom. The van der Waals surface area contributed by atoms with Gasteiger partial charge in [0.1, 0.15) is 0 Å². The molecule has 3 saturated carbocycles. The summed E-state index contributed by atoms with van der Waals surface area (Å²) in [5.41, 5.74) is 1.43. The fraction of sp³-hybridized carbons (Fsp3) is 0.882. The molecule has 4 aliphatic carbocycles. The number of hydrogen-bond donors (Lipinski definition) is 2. The van der Waals surface area contributed by atoms with Crippen molar-refractivity contribution >= 4 is 0 Å². The average Bonchev–Trinajstić information content (AvgIpc) is 2.80. The van der Waals surface area contributed by atoms with Crippen LogP contribution < -0.4 is 0 Å². The van der Waals surface area contributed by atoms with Crippen LogP contribution >= 0.6 is 0 Å². The first-order valence-electron chi connectivity index (χ1n) is 8.33. The molecular weight excluding hydrogens is 236 g/mol. The third-order valence-electron chi connectivity index (χ3n) is 6.76. The van der Waals surface area contributed by atoms with E-state index in [1.54, 1.807) is 0 Å². The maximum atomic E-state index is 10.0. The summed E-state index contributed by atoms with van der Waals surface area (Å²) in [4.78, 5) is 0. The van der Waals surface area contributed by atoms with Gasteiger partial charge in [0.05, 0.1) is 11.9 Å². The van der Waals surface area contributed by atoms with Crippen LogP contribution in [0.2, 0.25) is 0 Å². The monoisotopic (exact) mass is 262 g/mol. The van der Waals surface area contributed by atoms with Crippen LogP contribution in [-0.4, -0.2) is 16.3 Å². The standard InChI is InChI=1S/C17H26O2/c18-11-2-4-12-10(9-11)1-3-14-13(12)5-6-16-15(14)7-8-17(16)19/h10-15,18-19H,1-9H2. The van der Waals surface area contributed by atoms with Crippen molar-refractivity contribution in [2.45, 2.75) is 63.9 Å². The minimum Gasteiger partial charge on any atom is -0.512 e. The first kappa shape index (κ1) is 12.3. The Hall–Kier alpha value is -0.500. The molecule has 2 N–H and O–H groups in total. The van der Waals surface area contributed by atoms with E-state index in [9.17, 15) is 10.2 Å². The lowest BCUT2D eigenvalue weighted by molar-refractivity contribution is -0.0245. The van der Waals surface area contributed by atoms with Crippen molar-refractivity contribution in [2.75, 3.05) is 0 Å². The molecule has 0 aliphatic heterocycles. The van der Waals surface area contributed by atoms with Crippen molar-refractivity contribution in [3.8, 4) is 0 Å². The molecule has 6 unspecified atom stereocenters. The zero-order valence-electron chi connectivity index (χ0n) is 11.7. The molecule has 4 rings (SSSR count). The first-order valence-corrected chi connectivity index (χ1v) is 8.33. The van der Waals surface area contributed by atoms with E-state index in [-0.39, 0.29) is 6.10 Å². The van der Waals surface area contributed by atoms with Crippen molar-refractivity contribution < 1.29 is 10.2 Å². The van der Waals surface area contributed by atoms with Gasteiger partial charge in [0.25, 0.3) is 0 Å². The summed E-state index contributed by atoms with van der Waals surface area (Å²) >= 11 is 0. The highest BCUT2D eigenvalue weighted by molar-refractivity contribution is 5.22. The lowest BCUT2D eigenvalue weighted by Crippen LogP contribution is -2.44. The molecule has 19 heavy (non-hydrogen) atoms. The predicted octanol–water partition coefficient (Wildman–Crippen LogP) is 3.81. The predicted molar refractivity (Wildman–Crippen MR) is 74.7 cm³/mol.